The zero-order valence-corrected chi connectivity index (χ0v) is 78.7. The molecule has 0 aliphatic heterocycles. The molecule has 9 aromatic heterocycles. The van der Waals surface area contributed by atoms with E-state index in [2.05, 4.69) is 210 Å². The second-order valence-electron chi connectivity index (χ2n) is 34.7. The van der Waals surface area contributed by atoms with Crippen LogP contribution in [0.5, 0.6) is 0 Å². The number of nitriles is 3. The van der Waals surface area contributed by atoms with E-state index >= 15 is 0 Å². The normalized spacial score (nSPS) is 11.3. The molecule has 0 spiro atoms. The van der Waals surface area contributed by atoms with Gasteiger partial charge in [-0.3, -0.25) is 0 Å². The van der Waals surface area contributed by atoms with Crippen LogP contribution in [0, 0.1) is 53.7 Å². The Balaban J connectivity index is 0.000000113. The molecule has 0 bridgehead atoms. The summed E-state index contributed by atoms with van der Waals surface area (Å²) < 4.78 is 14.0. The quantitative estimate of drug-likeness (QED) is 0.108. The lowest BCUT2D eigenvalue weighted by Gasteiger charge is -2.15. The lowest BCUT2D eigenvalue weighted by Crippen LogP contribution is -2.01. The molecule has 0 N–H and O–H groups in total. The summed E-state index contributed by atoms with van der Waals surface area (Å²) in [6.45, 7) is 25.1. The van der Waals surface area contributed by atoms with Gasteiger partial charge >= 0.3 is 0 Å². The fourth-order valence-corrected chi connectivity index (χ4v) is 23.7. The molecular weight excluding hydrogens is 1820 g/mol. The van der Waals surface area contributed by atoms with E-state index in [9.17, 15) is 15.8 Å². The highest BCUT2D eigenvalue weighted by molar-refractivity contribution is 7.27. The minimum absolute atomic E-state index is 0.368. The highest BCUT2D eigenvalue weighted by atomic mass is 32.1. The molecule has 18 heteroatoms. The SMILES string of the molecule is [C-]#[N+]c1cc(-c2nc(-c3ccccc3)nc(-c3ccccc3)c2C#N)ccc1-n1c2ccccc2c2cc3c(cc21)sc1ccccc13.[C-]#[N+]c1cc(-c2nc(-c3ccccc3)nc(-c3ccccc3)c2C#N)ccc1-n1c2ccccc2c2ccc3c4ccccc4sc3c21.[C-]#[N+]c1cc(-c2nc(-c3ccccc3)nc(-c3ccccc3)c2C#N)ccc1-n1c2ccccc2c2ccc3sc4ccccc4c3c21. The van der Waals surface area contributed by atoms with Crippen molar-refractivity contribution in [2.45, 2.75) is 0 Å². The van der Waals surface area contributed by atoms with Gasteiger partial charge in [-0.15, -0.1) is 34.0 Å². The highest BCUT2D eigenvalue weighted by Gasteiger charge is 2.29. The van der Waals surface area contributed by atoms with Crippen LogP contribution < -0.4 is 0 Å². The Labute approximate surface area is 836 Å². The van der Waals surface area contributed by atoms with E-state index in [1.807, 2.05) is 255 Å². The number of benzene rings is 18. The smallest absolute Gasteiger partial charge is 0.211 e. The Kier molecular flexibility index (Phi) is 21.4. The van der Waals surface area contributed by atoms with Gasteiger partial charge in [0.1, 0.15) is 34.9 Å². The molecule has 9 heterocycles. The molecule has 666 valence electrons. The predicted molar refractivity (Wildman–Crippen MR) is 590 cm³/mol. The summed E-state index contributed by atoms with van der Waals surface area (Å²) in [4.78, 5) is 41.7. The van der Waals surface area contributed by atoms with Crippen LogP contribution in [0.15, 0.2) is 419 Å². The van der Waals surface area contributed by atoms with Crippen LogP contribution in [-0.4, -0.2) is 43.6 Å². The van der Waals surface area contributed by atoms with Crippen LogP contribution in [-0.2, 0) is 0 Å². The third kappa shape index (κ3) is 14.6. The molecule has 0 unspecified atom stereocenters. The molecule has 144 heavy (non-hydrogen) atoms. The molecule has 18 aromatic carbocycles. The van der Waals surface area contributed by atoms with Gasteiger partial charge in [0.05, 0.1) is 109 Å². The molecule has 0 amide bonds. The number of fused-ring (bicyclic) bond motifs is 20. The van der Waals surface area contributed by atoms with E-state index < -0.39 is 0 Å². The average molecular weight is 1890 g/mol. The Morgan fingerprint density at radius 3 is 0.938 bits per heavy atom. The Bertz CT molecular complexity index is 10200. The van der Waals surface area contributed by atoms with Gasteiger partial charge in [-0.1, -0.05) is 328 Å². The first-order valence-corrected chi connectivity index (χ1v) is 49.0. The summed E-state index contributed by atoms with van der Waals surface area (Å²) in [5.74, 6) is 1.56. The first kappa shape index (κ1) is 85.8. The molecule has 0 aliphatic carbocycles. The molecular formula is C126H69N15S3. The maximum absolute atomic E-state index is 10.5. The van der Waals surface area contributed by atoms with Gasteiger partial charge in [0.25, 0.3) is 0 Å². The van der Waals surface area contributed by atoms with Crippen LogP contribution in [0.4, 0.5) is 17.1 Å². The number of rotatable bonds is 12. The monoisotopic (exact) mass is 1890 g/mol. The molecule has 0 saturated heterocycles. The van der Waals surface area contributed by atoms with Crippen LogP contribution >= 0.6 is 34.0 Å². The number of para-hydroxylation sites is 3. The number of nitrogens with zero attached hydrogens (tertiary/aromatic N) is 15. The van der Waals surface area contributed by atoms with E-state index in [4.69, 9.17) is 49.6 Å². The molecule has 27 rings (SSSR count). The average Bonchev–Trinajstić information content (AvgIpc) is 1.56. The van der Waals surface area contributed by atoms with Gasteiger partial charge in [-0.05, 0) is 108 Å². The van der Waals surface area contributed by atoms with Gasteiger partial charge in [0.15, 0.2) is 17.5 Å². The summed E-state index contributed by atoms with van der Waals surface area (Å²) in [5, 5.41) is 45.7. The fourth-order valence-electron chi connectivity index (χ4n) is 20.2. The molecule has 0 saturated carbocycles. The maximum Gasteiger partial charge on any atom is 0.211 e. The number of aromatic nitrogens is 9. The summed E-state index contributed by atoms with van der Waals surface area (Å²) in [6.07, 6.45) is 0. The van der Waals surface area contributed by atoms with E-state index in [0.717, 1.165) is 116 Å². The lowest BCUT2D eigenvalue weighted by atomic mass is 9.99. The van der Waals surface area contributed by atoms with Crippen molar-refractivity contribution in [3.05, 3.63) is 470 Å². The number of hydrogen-bond acceptors (Lipinski definition) is 12. The van der Waals surface area contributed by atoms with Crippen LogP contribution in [0.1, 0.15) is 16.7 Å². The second-order valence-corrected chi connectivity index (χ2v) is 37.9. The van der Waals surface area contributed by atoms with Crippen molar-refractivity contribution >= 4 is 177 Å². The molecule has 27 aromatic rings. The maximum atomic E-state index is 10.5. The molecule has 0 radical (unpaired) electrons. The van der Waals surface area contributed by atoms with Crippen molar-refractivity contribution in [3.63, 3.8) is 0 Å². The third-order valence-corrected chi connectivity index (χ3v) is 30.1. The van der Waals surface area contributed by atoms with Gasteiger partial charge in [0, 0.05) is 122 Å². The second kappa shape index (κ2) is 36.0. The first-order valence-electron chi connectivity index (χ1n) is 46.6. The van der Waals surface area contributed by atoms with E-state index in [1.54, 1.807) is 34.0 Å². The van der Waals surface area contributed by atoms with Crippen molar-refractivity contribution in [2.75, 3.05) is 0 Å². The molecule has 0 fully saturated rings. The van der Waals surface area contributed by atoms with Crippen molar-refractivity contribution in [2.24, 2.45) is 0 Å². The topological polar surface area (TPSA) is 177 Å². The van der Waals surface area contributed by atoms with Gasteiger partial charge in [0.2, 0.25) is 17.1 Å². The van der Waals surface area contributed by atoms with Crippen molar-refractivity contribution < 1.29 is 0 Å². The van der Waals surface area contributed by atoms with Crippen molar-refractivity contribution in [3.8, 4) is 137 Å². The summed E-state index contributed by atoms with van der Waals surface area (Å²) >= 11 is 5.35. The van der Waals surface area contributed by atoms with Crippen LogP contribution in [0.25, 0.3) is 259 Å². The first-order chi connectivity index (χ1) is 71.2. The predicted octanol–water partition coefficient (Wildman–Crippen LogP) is 34.1. The molecule has 15 nitrogen and oxygen atoms in total. The Morgan fingerprint density at radius 1 is 0.215 bits per heavy atom. The van der Waals surface area contributed by atoms with Crippen LogP contribution in [0.3, 0.4) is 0 Å². The number of thiophene rings is 3. The minimum atomic E-state index is 0.368. The summed E-state index contributed by atoms with van der Waals surface area (Å²) in [6, 6.07) is 147. The standard InChI is InChI=1S/3C42H23N5S/c1-44-34-24-28(39-33(25-43)38(26-12-4-2-5-13-26)45-42(46-39)27-14-6-3-7-15-27)20-23-36(34)47-35-18-10-8-16-29(35)31-21-22-32-30-17-9-11-19-37(30)48-41(32)40(31)47;1-44-33-24-28(40-32(25-43)39(26-12-4-2-5-13-26)45-42(46-40)27-14-6-3-7-15-27)20-22-35(33)47-34-18-10-8-16-29(34)30-21-23-37-38(41(30)47)31-17-9-11-19-36(31)48-37;1-44-34-22-28(41-33(25-43)40(26-12-4-2-5-13-26)45-42(46-41)27-14-6-3-7-15-27)20-21-36(34)47-35-18-10-8-16-29(35)31-23-32-30-17-9-11-19-38(30)48-39(32)24-37(31)47/h3*2-24H. The number of hydrogen-bond donors (Lipinski definition) is 0. The van der Waals surface area contributed by atoms with Gasteiger partial charge in [-0.25, -0.2) is 44.4 Å². The van der Waals surface area contributed by atoms with Gasteiger partial charge < -0.3 is 13.7 Å². The zero-order chi connectivity index (χ0) is 96.6. The van der Waals surface area contributed by atoms with Crippen molar-refractivity contribution in [1.29, 1.82) is 15.8 Å². The lowest BCUT2D eigenvalue weighted by molar-refractivity contribution is 1.16. The Morgan fingerprint density at radius 2 is 0.521 bits per heavy atom. The van der Waals surface area contributed by atoms with Crippen LogP contribution in [0.2, 0.25) is 0 Å². The molecule has 0 aliphatic rings. The van der Waals surface area contributed by atoms with Gasteiger partial charge in [-0.2, -0.15) is 15.8 Å². The molecule has 0 atom stereocenters. The van der Waals surface area contributed by atoms with E-state index in [1.165, 1.54) is 60.5 Å². The minimum Gasteiger partial charge on any atom is -0.319 e. The highest BCUT2D eigenvalue weighted by Crippen LogP contribution is 2.51. The third-order valence-electron chi connectivity index (χ3n) is 26.7. The summed E-state index contributed by atoms with van der Waals surface area (Å²) in [5.41, 5.74) is 21.4. The Hall–Kier alpha value is -19.8. The van der Waals surface area contributed by atoms with Crippen molar-refractivity contribution in [1.82, 2.24) is 43.6 Å². The van der Waals surface area contributed by atoms with E-state index in [0.29, 0.717) is 102 Å². The summed E-state index contributed by atoms with van der Waals surface area (Å²) in [7, 11) is 0. The van der Waals surface area contributed by atoms with E-state index in [-0.39, 0.29) is 0 Å². The zero-order valence-electron chi connectivity index (χ0n) is 76.3. The largest absolute Gasteiger partial charge is 0.319 e. The fraction of sp³-hybridized carbons (Fsp3) is 0.